The molecular formula is C17H17ClN2O5S. The Morgan fingerprint density at radius 2 is 2.08 bits per heavy atom. The second kappa shape index (κ2) is 7.61. The Bertz CT molecular complexity index is 911. The van der Waals surface area contributed by atoms with Crippen molar-refractivity contribution in [3.63, 3.8) is 0 Å². The van der Waals surface area contributed by atoms with Crippen molar-refractivity contribution in [2.45, 2.75) is 30.4 Å². The number of carbonyl (C=O) groups is 1. The molecule has 0 aliphatic heterocycles. The van der Waals surface area contributed by atoms with Crippen LogP contribution in [0.2, 0.25) is 5.15 Å². The number of esters is 1. The Morgan fingerprint density at radius 1 is 1.31 bits per heavy atom. The van der Waals surface area contributed by atoms with Crippen LogP contribution in [0.1, 0.15) is 28.8 Å². The molecule has 1 aliphatic rings. The molecule has 1 fully saturated rings. The molecule has 1 heterocycles. The van der Waals surface area contributed by atoms with Crippen LogP contribution in [0, 0.1) is 0 Å². The van der Waals surface area contributed by atoms with Gasteiger partial charge in [0.15, 0.2) is 0 Å². The van der Waals surface area contributed by atoms with E-state index in [1.54, 1.807) is 12.1 Å². The van der Waals surface area contributed by atoms with Crippen LogP contribution in [-0.4, -0.2) is 32.5 Å². The molecule has 1 aromatic carbocycles. The average Bonchev–Trinajstić information content (AvgIpc) is 3.43. The van der Waals surface area contributed by atoms with E-state index >= 15 is 0 Å². The van der Waals surface area contributed by atoms with Crippen LogP contribution in [-0.2, 0) is 21.4 Å². The van der Waals surface area contributed by atoms with Gasteiger partial charge in [-0.25, -0.2) is 22.9 Å². The van der Waals surface area contributed by atoms with Gasteiger partial charge in [-0.05, 0) is 37.1 Å². The molecule has 1 aromatic heterocycles. The van der Waals surface area contributed by atoms with E-state index in [0.717, 1.165) is 12.8 Å². The van der Waals surface area contributed by atoms with Gasteiger partial charge in [-0.15, -0.1) is 0 Å². The lowest BCUT2D eigenvalue weighted by Crippen LogP contribution is -2.26. The lowest BCUT2D eigenvalue weighted by molar-refractivity contribution is 0.0472. The second-order valence-corrected chi connectivity index (χ2v) is 7.90. The predicted octanol–water partition coefficient (Wildman–Crippen LogP) is 2.54. The van der Waals surface area contributed by atoms with Gasteiger partial charge in [0.25, 0.3) is 0 Å². The van der Waals surface area contributed by atoms with E-state index in [2.05, 4.69) is 9.71 Å². The quantitative estimate of drug-likeness (QED) is 0.571. The predicted molar refractivity (Wildman–Crippen MR) is 94.7 cm³/mol. The Kier molecular flexibility index (Phi) is 5.45. The van der Waals surface area contributed by atoms with Gasteiger partial charge in [-0.2, -0.15) is 0 Å². The first-order chi connectivity index (χ1) is 12.4. The van der Waals surface area contributed by atoms with E-state index in [1.807, 2.05) is 0 Å². The molecule has 0 bridgehead atoms. The highest BCUT2D eigenvalue weighted by molar-refractivity contribution is 7.89. The van der Waals surface area contributed by atoms with Crippen LogP contribution >= 0.6 is 11.6 Å². The van der Waals surface area contributed by atoms with Crippen LogP contribution in [0.25, 0.3) is 0 Å². The highest BCUT2D eigenvalue weighted by Gasteiger charge is 2.30. The monoisotopic (exact) mass is 396 g/mol. The maximum absolute atomic E-state index is 12.5. The Labute approximate surface area is 156 Å². The fourth-order valence-electron chi connectivity index (χ4n) is 2.22. The summed E-state index contributed by atoms with van der Waals surface area (Å²) in [5.41, 5.74) is 0.781. The SMILES string of the molecule is COc1ccc(C(=O)OCc2ccc(Cl)nc2)cc1S(=O)(=O)NC1CC1. The van der Waals surface area contributed by atoms with Crippen molar-refractivity contribution in [3.05, 3.63) is 52.8 Å². The highest BCUT2D eigenvalue weighted by atomic mass is 35.5. The number of hydrogen-bond acceptors (Lipinski definition) is 6. The van der Waals surface area contributed by atoms with Gasteiger partial charge in [0.1, 0.15) is 22.4 Å². The maximum atomic E-state index is 12.5. The first kappa shape index (κ1) is 18.6. The number of pyridine rings is 1. The molecule has 0 saturated heterocycles. The molecule has 0 atom stereocenters. The minimum atomic E-state index is -3.78. The van der Waals surface area contributed by atoms with Gasteiger partial charge in [0.2, 0.25) is 10.0 Å². The average molecular weight is 397 g/mol. The summed E-state index contributed by atoms with van der Waals surface area (Å²) in [5, 5.41) is 0.341. The summed E-state index contributed by atoms with van der Waals surface area (Å²) in [6.07, 6.45) is 3.11. The topological polar surface area (TPSA) is 94.6 Å². The largest absolute Gasteiger partial charge is 0.495 e. The van der Waals surface area contributed by atoms with E-state index < -0.39 is 16.0 Å². The van der Waals surface area contributed by atoms with E-state index in [-0.39, 0.29) is 28.9 Å². The molecule has 0 amide bonds. The first-order valence-electron chi connectivity index (χ1n) is 7.87. The lowest BCUT2D eigenvalue weighted by Gasteiger charge is -2.12. The number of methoxy groups -OCH3 is 1. The molecule has 7 nitrogen and oxygen atoms in total. The molecule has 3 rings (SSSR count). The Morgan fingerprint density at radius 3 is 2.69 bits per heavy atom. The third-order valence-corrected chi connectivity index (χ3v) is 5.51. The Hall–Kier alpha value is -2.16. The molecule has 1 aliphatic carbocycles. The number of rotatable bonds is 7. The molecule has 1 saturated carbocycles. The van der Waals surface area contributed by atoms with Crippen molar-refractivity contribution in [3.8, 4) is 5.75 Å². The number of halogens is 1. The number of hydrogen-bond donors (Lipinski definition) is 1. The molecule has 138 valence electrons. The third-order valence-electron chi connectivity index (χ3n) is 3.75. The van der Waals surface area contributed by atoms with E-state index in [4.69, 9.17) is 21.1 Å². The molecule has 9 heteroatoms. The Balaban J connectivity index is 1.77. The van der Waals surface area contributed by atoms with Crippen molar-refractivity contribution >= 4 is 27.6 Å². The summed E-state index contributed by atoms with van der Waals surface area (Å²) in [6.45, 7) is -0.00254. The van der Waals surface area contributed by atoms with Gasteiger partial charge in [-0.3, -0.25) is 0 Å². The van der Waals surface area contributed by atoms with Crippen LogP contribution in [0.3, 0.4) is 0 Å². The van der Waals surface area contributed by atoms with Crippen molar-refractivity contribution in [1.82, 2.24) is 9.71 Å². The molecular weight excluding hydrogens is 380 g/mol. The zero-order valence-corrected chi connectivity index (χ0v) is 15.5. The molecule has 0 unspecified atom stereocenters. The standard InChI is InChI=1S/C17H17ClN2O5S/c1-24-14-6-3-12(8-15(14)26(22,23)20-13-4-5-13)17(21)25-10-11-2-7-16(18)19-9-11/h2-3,6-9,13,20H,4-5,10H2,1H3. The van der Waals surface area contributed by atoms with Crippen molar-refractivity contribution in [2.75, 3.05) is 7.11 Å². The van der Waals surface area contributed by atoms with Crippen molar-refractivity contribution in [1.29, 1.82) is 0 Å². The van der Waals surface area contributed by atoms with Gasteiger partial charge < -0.3 is 9.47 Å². The second-order valence-electron chi connectivity index (χ2n) is 5.83. The summed E-state index contributed by atoms with van der Waals surface area (Å²) < 4.78 is 37.9. The van der Waals surface area contributed by atoms with Crippen LogP contribution in [0.5, 0.6) is 5.75 Å². The molecule has 26 heavy (non-hydrogen) atoms. The van der Waals surface area contributed by atoms with Crippen molar-refractivity contribution < 1.29 is 22.7 Å². The number of ether oxygens (including phenoxy) is 2. The minimum absolute atomic E-state index is 0.00254. The fraction of sp³-hybridized carbons (Fsp3) is 0.294. The number of nitrogens with zero attached hydrogens (tertiary/aromatic N) is 1. The smallest absolute Gasteiger partial charge is 0.338 e. The summed E-state index contributed by atoms with van der Waals surface area (Å²) in [5.74, 6) is -0.484. The van der Waals surface area contributed by atoms with Gasteiger partial charge >= 0.3 is 5.97 Å². The summed E-state index contributed by atoms with van der Waals surface area (Å²) in [4.78, 5) is 16.1. The number of sulfonamides is 1. The number of aromatic nitrogens is 1. The maximum Gasteiger partial charge on any atom is 0.338 e. The zero-order chi connectivity index (χ0) is 18.7. The number of benzene rings is 1. The summed E-state index contributed by atoms with van der Waals surface area (Å²) in [7, 11) is -2.40. The van der Waals surface area contributed by atoms with Crippen LogP contribution in [0.15, 0.2) is 41.4 Å². The van der Waals surface area contributed by atoms with Gasteiger partial charge in [-0.1, -0.05) is 17.7 Å². The van der Waals surface area contributed by atoms with E-state index in [1.165, 1.54) is 31.5 Å². The highest BCUT2D eigenvalue weighted by Crippen LogP contribution is 2.28. The summed E-state index contributed by atoms with van der Waals surface area (Å²) >= 11 is 5.71. The van der Waals surface area contributed by atoms with Gasteiger partial charge in [0.05, 0.1) is 12.7 Å². The van der Waals surface area contributed by atoms with Gasteiger partial charge in [0, 0.05) is 17.8 Å². The lowest BCUT2D eigenvalue weighted by atomic mass is 10.2. The van der Waals surface area contributed by atoms with Crippen LogP contribution < -0.4 is 9.46 Å². The molecule has 0 radical (unpaired) electrons. The molecule has 2 aromatic rings. The minimum Gasteiger partial charge on any atom is -0.495 e. The zero-order valence-electron chi connectivity index (χ0n) is 13.9. The molecule has 1 N–H and O–H groups in total. The number of carbonyl (C=O) groups excluding carboxylic acids is 1. The van der Waals surface area contributed by atoms with Crippen molar-refractivity contribution in [2.24, 2.45) is 0 Å². The summed E-state index contributed by atoms with van der Waals surface area (Å²) in [6, 6.07) is 7.36. The third kappa shape index (κ3) is 4.51. The number of nitrogens with one attached hydrogen (secondary N) is 1. The molecule has 0 spiro atoms. The van der Waals surface area contributed by atoms with E-state index in [9.17, 15) is 13.2 Å². The normalized spacial score (nSPS) is 14.1. The fourth-order valence-corrected chi connectivity index (χ4v) is 3.83. The van der Waals surface area contributed by atoms with Crippen LogP contribution in [0.4, 0.5) is 0 Å². The van der Waals surface area contributed by atoms with E-state index in [0.29, 0.717) is 10.7 Å². The first-order valence-corrected chi connectivity index (χ1v) is 9.73.